The molecule has 60 valence electrons. The van der Waals surface area contributed by atoms with Crippen molar-refractivity contribution in [1.82, 2.24) is 0 Å². The molecule has 1 rings (SSSR count). The van der Waals surface area contributed by atoms with Crippen LogP contribution in [0.2, 0.25) is 0 Å². The maximum absolute atomic E-state index is 8.66. The molecule has 1 aromatic rings. The third-order valence-corrected chi connectivity index (χ3v) is 1.58. The van der Waals surface area contributed by atoms with Gasteiger partial charge >= 0.3 is 0 Å². The van der Waals surface area contributed by atoms with Gasteiger partial charge in [0.1, 0.15) is 11.8 Å². The molecule has 0 N–H and O–H groups in total. The summed E-state index contributed by atoms with van der Waals surface area (Å²) >= 11 is 0. The summed E-state index contributed by atoms with van der Waals surface area (Å²) in [7, 11) is 1.54. The van der Waals surface area contributed by atoms with Gasteiger partial charge in [0.25, 0.3) is 0 Å². The average Bonchev–Trinajstić information content (AvgIpc) is 2.16. The molecule has 2 nitrogen and oxygen atoms in total. The summed E-state index contributed by atoms with van der Waals surface area (Å²) in [6.45, 7) is 3.62. The Morgan fingerprint density at radius 2 is 2.33 bits per heavy atom. The van der Waals surface area contributed by atoms with Gasteiger partial charge in [-0.1, -0.05) is 18.7 Å². The highest BCUT2D eigenvalue weighted by Crippen LogP contribution is 2.19. The summed E-state index contributed by atoms with van der Waals surface area (Å²) < 4.78 is 5.01. The van der Waals surface area contributed by atoms with Crippen molar-refractivity contribution in [3.63, 3.8) is 0 Å². The number of hydrogen-bond donors (Lipinski definition) is 0. The highest BCUT2D eigenvalue weighted by molar-refractivity contribution is 5.54. The third kappa shape index (κ3) is 1.46. The van der Waals surface area contributed by atoms with Gasteiger partial charge in [0.05, 0.1) is 12.7 Å². The molecule has 1 aromatic carbocycles. The first kappa shape index (κ1) is 8.35. The third-order valence-electron chi connectivity index (χ3n) is 1.58. The molecular weight excluding hydrogens is 150 g/mol. The van der Waals surface area contributed by atoms with Crippen molar-refractivity contribution in [3.05, 3.63) is 35.9 Å². The molecule has 0 aliphatic heterocycles. The SMILES string of the molecule is C=Cc1ccc(C#N)c(OC)c1. The minimum Gasteiger partial charge on any atom is -0.495 e. The zero-order valence-corrected chi connectivity index (χ0v) is 6.87. The van der Waals surface area contributed by atoms with E-state index >= 15 is 0 Å². The van der Waals surface area contributed by atoms with E-state index in [1.807, 2.05) is 12.1 Å². The van der Waals surface area contributed by atoms with E-state index in [0.29, 0.717) is 11.3 Å². The molecule has 0 bridgehead atoms. The fourth-order valence-corrected chi connectivity index (χ4v) is 0.927. The van der Waals surface area contributed by atoms with Crippen LogP contribution in [0.15, 0.2) is 24.8 Å². The van der Waals surface area contributed by atoms with E-state index in [2.05, 4.69) is 6.58 Å². The molecule has 2 heteroatoms. The second-order valence-corrected chi connectivity index (χ2v) is 2.28. The van der Waals surface area contributed by atoms with E-state index in [9.17, 15) is 0 Å². The summed E-state index contributed by atoms with van der Waals surface area (Å²) in [4.78, 5) is 0. The summed E-state index contributed by atoms with van der Waals surface area (Å²) in [5, 5.41) is 8.66. The van der Waals surface area contributed by atoms with Gasteiger partial charge in [-0.25, -0.2) is 0 Å². The van der Waals surface area contributed by atoms with E-state index in [1.54, 1.807) is 25.3 Å². The molecule has 0 atom stereocenters. The smallest absolute Gasteiger partial charge is 0.137 e. The summed E-state index contributed by atoms with van der Waals surface area (Å²) in [6, 6.07) is 7.37. The number of hydrogen-bond acceptors (Lipinski definition) is 2. The zero-order valence-electron chi connectivity index (χ0n) is 6.87. The van der Waals surface area contributed by atoms with Crippen LogP contribution in [-0.2, 0) is 0 Å². The van der Waals surface area contributed by atoms with Crippen molar-refractivity contribution in [1.29, 1.82) is 5.26 Å². The lowest BCUT2D eigenvalue weighted by atomic mass is 10.1. The van der Waals surface area contributed by atoms with Gasteiger partial charge in [0, 0.05) is 0 Å². The number of ether oxygens (including phenoxy) is 1. The second kappa shape index (κ2) is 3.59. The summed E-state index contributed by atoms with van der Waals surface area (Å²) in [6.07, 6.45) is 1.71. The molecule has 0 saturated heterocycles. The number of rotatable bonds is 2. The highest BCUT2D eigenvalue weighted by atomic mass is 16.5. The first-order valence-electron chi connectivity index (χ1n) is 3.52. The lowest BCUT2D eigenvalue weighted by molar-refractivity contribution is 0.413. The lowest BCUT2D eigenvalue weighted by Gasteiger charge is -2.02. The first-order chi connectivity index (χ1) is 5.81. The van der Waals surface area contributed by atoms with E-state index < -0.39 is 0 Å². The van der Waals surface area contributed by atoms with Crippen LogP contribution in [0.3, 0.4) is 0 Å². The molecule has 0 unspecified atom stereocenters. The Bertz CT molecular complexity index is 336. The summed E-state index contributed by atoms with van der Waals surface area (Å²) in [5.41, 5.74) is 1.49. The summed E-state index contributed by atoms with van der Waals surface area (Å²) in [5.74, 6) is 0.593. The monoisotopic (exact) mass is 159 g/mol. The Labute approximate surface area is 71.7 Å². The van der Waals surface area contributed by atoms with Gasteiger partial charge < -0.3 is 4.74 Å². The Kier molecular flexibility index (Phi) is 2.49. The molecule has 0 radical (unpaired) electrons. The van der Waals surface area contributed by atoms with Gasteiger partial charge in [-0.15, -0.1) is 0 Å². The standard InChI is InChI=1S/C10H9NO/c1-3-8-4-5-9(7-11)10(6-8)12-2/h3-6H,1H2,2H3. The van der Waals surface area contributed by atoms with Crippen LogP contribution in [0.5, 0.6) is 5.75 Å². The van der Waals surface area contributed by atoms with Crippen molar-refractivity contribution < 1.29 is 4.74 Å². The van der Waals surface area contributed by atoms with Gasteiger partial charge in [-0.3, -0.25) is 0 Å². The Hall–Kier alpha value is -1.75. The number of nitriles is 1. The zero-order chi connectivity index (χ0) is 8.97. The molecule has 0 aromatic heterocycles. The van der Waals surface area contributed by atoms with Crippen LogP contribution in [0.1, 0.15) is 11.1 Å². The topological polar surface area (TPSA) is 33.0 Å². The maximum atomic E-state index is 8.66. The van der Waals surface area contributed by atoms with Gasteiger partial charge in [0.2, 0.25) is 0 Å². The van der Waals surface area contributed by atoms with Gasteiger partial charge in [-0.05, 0) is 17.7 Å². The molecule has 0 saturated carbocycles. The van der Waals surface area contributed by atoms with Gasteiger partial charge in [-0.2, -0.15) is 5.26 Å². The van der Waals surface area contributed by atoms with Crippen LogP contribution in [-0.4, -0.2) is 7.11 Å². The molecule has 0 amide bonds. The van der Waals surface area contributed by atoms with Crippen LogP contribution in [0, 0.1) is 11.3 Å². The molecule has 0 aliphatic rings. The van der Waals surface area contributed by atoms with E-state index in [4.69, 9.17) is 10.00 Å². The minimum atomic E-state index is 0.545. The van der Waals surface area contributed by atoms with Crippen molar-refractivity contribution in [2.75, 3.05) is 7.11 Å². The fourth-order valence-electron chi connectivity index (χ4n) is 0.927. The van der Waals surface area contributed by atoms with Crippen LogP contribution >= 0.6 is 0 Å². The predicted octanol–water partition coefficient (Wildman–Crippen LogP) is 2.21. The van der Waals surface area contributed by atoms with Crippen LogP contribution < -0.4 is 4.74 Å². The highest BCUT2D eigenvalue weighted by Gasteiger charge is 2.00. The Balaban J connectivity index is 3.21. The molecule has 0 fully saturated rings. The molecule has 0 heterocycles. The van der Waals surface area contributed by atoms with Crippen molar-refractivity contribution >= 4 is 6.08 Å². The Morgan fingerprint density at radius 3 is 2.83 bits per heavy atom. The van der Waals surface area contributed by atoms with Crippen molar-refractivity contribution in [2.24, 2.45) is 0 Å². The Morgan fingerprint density at radius 1 is 1.58 bits per heavy atom. The number of benzene rings is 1. The van der Waals surface area contributed by atoms with E-state index in [-0.39, 0.29) is 0 Å². The van der Waals surface area contributed by atoms with E-state index in [1.165, 1.54) is 0 Å². The molecule has 0 aliphatic carbocycles. The number of nitrogens with zero attached hydrogens (tertiary/aromatic N) is 1. The van der Waals surface area contributed by atoms with Crippen molar-refractivity contribution in [3.8, 4) is 11.8 Å². The predicted molar refractivity (Wildman–Crippen MR) is 47.8 cm³/mol. The molecule has 12 heavy (non-hydrogen) atoms. The fraction of sp³-hybridized carbons (Fsp3) is 0.100. The largest absolute Gasteiger partial charge is 0.495 e. The minimum absolute atomic E-state index is 0.545. The normalized spacial score (nSPS) is 8.67. The van der Waals surface area contributed by atoms with Gasteiger partial charge in [0.15, 0.2) is 0 Å². The second-order valence-electron chi connectivity index (χ2n) is 2.28. The van der Waals surface area contributed by atoms with Crippen LogP contribution in [0.4, 0.5) is 0 Å². The first-order valence-corrected chi connectivity index (χ1v) is 3.52. The molecular formula is C10H9NO. The lowest BCUT2D eigenvalue weighted by Crippen LogP contribution is -1.87. The van der Waals surface area contributed by atoms with Crippen LogP contribution in [0.25, 0.3) is 6.08 Å². The average molecular weight is 159 g/mol. The van der Waals surface area contributed by atoms with Crippen molar-refractivity contribution in [2.45, 2.75) is 0 Å². The quantitative estimate of drug-likeness (QED) is 0.662. The number of methoxy groups -OCH3 is 1. The molecule has 0 spiro atoms. The maximum Gasteiger partial charge on any atom is 0.137 e. The van der Waals surface area contributed by atoms with E-state index in [0.717, 1.165) is 5.56 Å².